The minimum atomic E-state index is -0.453. The minimum absolute atomic E-state index is 0.101. The summed E-state index contributed by atoms with van der Waals surface area (Å²) in [6.45, 7) is 2.06. The molecular formula is C22H17Cl2N5OS3. The quantitative estimate of drug-likeness (QED) is 0.152. The van der Waals surface area contributed by atoms with Crippen LogP contribution in [0.1, 0.15) is 27.2 Å². The summed E-state index contributed by atoms with van der Waals surface area (Å²) in [6, 6.07) is 15.7. The maximum Gasteiger partial charge on any atom is 0.277 e. The summed E-state index contributed by atoms with van der Waals surface area (Å²) in [4.78, 5) is 21.4. The van der Waals surface area contributed by atoms with Gasteiger partial charge in [0.25, 0.3) is 5.91 Å². The number of nitrogens with one attached hydrogen (secondary N) is 1. The maximum absolute atomic E-state index is 12.8. The Labute approximate surface area is 213 Å². The average Bonchev–Trinajstić information content (AvgIpc) is 3.26. The number of benzene rings is 2. The van der Waals surface area contributed by atoms with E-state index < -0.39 is 5.91 Å². The van der Waals surface area contributed by atoms with E-state index in [9.17, 15) is 4.79 Å². The maximum atomic E-state index is 12.8. The van der Waals surface area contributed by atoms with E-state index in [1.807, 2.05) is 36.4 Å². The molecule has 0 bridgehead atoms. The van der Waals surface area contributed by atoms with Crippen LogP contribution in [0.3, 0.4) is 0 Å². The van der Waals surface area contributed by atoms with E-state index in [1.165, 1.54) is 52.2 Å². The van der Waals surface area contributed by atoms with Crippen molar-refractivity contribution in [3.8, 4) is 0 Å². The molecule has 0 spiro atoms. The van der Waals surface area contributed by atoms with Crippen LogP contribution >= 0.6 is 58.1 Å². The smallest absolute Gasteiger partial charge is 0.277 e. The van der Waals surface area contributed by atoms with Crippen molar-refractivity contribution in [2.75, 3.05) is 5.32 Å². The molecule has 2 aromatic heterocycles. The van der Waals surface area contributed by atoms with E-state index in [-0.39, 0.29) is 10.7 Å². The fourth-order valence-electron chi connectivity index (χ4n) is 2.69. The van der Waals surface area contributed by atoms with Crippen molar-refractivity contribution in [2.45, 2.75) is 27.9 Å². The number of amides is 1. The van der Waals surface area contributed by atoms with Gasteiger partial charge in [0.05, 0.1) is 11.2 Å². The summed E-state index contributed by atoms with van der Waals surface area (Å²) >= 11 is 16.4. The molecule has 0 atom stereocenters. The Kier molecular flexibility index (Phi) is 8.21. The van der Waals surface area contributed by atoms with Crippen molar-refractivity contribution in [2.24, 2.45) is 0 Å². The van der Waals surface area contributed by atoms with Gasteiger partial charge in [-0.2, -0.15) is 0 Å². The molecule has 2 heterocycles. The van der Waals surface area contributed by atoms with Gasteiger partial charge in [-0.05, 0) is 35.7 Å². The largest absolute Gasteiger partial charge is 0.295 e. The number of rotatable bonds is 8. The van der Waals surface area contributed by atoms with Gasteiger partial charge in [-0.3, -0.25) is 10.1 Å². The minimum Gasteiger partial charge on any atom is -0.295 e. The van der Waals surface area contributed by atoms with E-state index >= 15 is 0 Å². The Morgan fingerprint density at radius 3 is 2.61 bits per heavy atom. The molecule has 0 saturated heterocycles. The Morgan fingerprint density at radius 1 is 1.03 bits per heavy atom. The van der Waals surface area contributed by atoms with Gasteiger partial charge in [0.1, 0.15) is 0 Å². The SMILES string of the molecule is Cc1ccccc1CSc1ncc(Cl)c(C(=O)Nc2nnc(SCc3ccc(Cl)cc3)s2)n1. The Hall–Kier alpha value is -2.17. The highest BCUT2D eigenvalue weighted by atomic mass is 35.5. The molecule has 0 unspecified atom stereocenters. The monoisotopic (exact) mass is 533 g/mol. The lowest BCUT2D eigenvalue weighted by Crippen LogP contribution is -2.15. The third-order valence-corrected chi connectivity index (χ3v) is 7.94. The summed E-state index contributed by atoms with van der Waals surface area (Å²) < 4.78 is 0.739. The number of aromatic nitrogens is 4. The second kappa shape index (κ2) is 11.3. The molecule has 168 valence electrons. The molecule has 11 heteroatoms. The van der Waals surface area contributed by atoms with Crippen LogP contribution in [0, 0.1) is 6.92 Å². The Bertz CT molecular complexity index is 1270. The van der Waals surface area contributed by atoms with Crippen LogP contribution < -0.4 is 5.32 Å². The third-order valence-electron chi connectivity index (χ3n) is 4.46. The van der Waals surface area contributed by atoms with E-state index in [1.54, 1.807) is 0 Å². The first kappa shape index (κ1) is 24.0. The molecule has 2 aromatic carbocycles. The molecule has 0 aliphatic carbocycles. The summed E-state index contributed by atoms with van der Waals surface area (Å²) in [7, 11) is 0. The number of hydrogen-bond donors (Lipinski definition) is 1. The van der Waals surface area contributed by atoms with Crippen LogP contribution in [0.2, 0.25) is 10.0 Å². The van der Waals surface area contributed by atoms with E-state index in [0.717, 1.165) is 15.7 Å². The van der Waals surface area contributed by atoms with Gasteiger partial charge in [-0.15, -0.1) is 10.2 Å². The predicted molar refractivity (Wildman–Crippen MR) is 137 cm³/mol. The topological polar surface area (TPSA) is 80.7 Å². The first-order valence-corrected chi connectivity index (χ1v) is 13.2. The number of anilines is 1. The molecule has 1 amide bonds. The van der Waals surface area contributed by atoms with Crippen molar-refractivity contribution in [3.63, 3.8) is 0 Å². The highest BCUT2D eigenvalue weighted by molar-refractivity contribution is 8.00. The highest BCUT2D eigenvalue weighted by Crippen LogP contribution is 2.29. The van der Waals surface area contributed by atoms with Gasteiger partial charge in [-0.25, -0.2) is 9.97 Å². The molecule has 33 heavy (non-hydrogen) atoms. The molecule has 0 aliphatic rings. The molecule has 0 fully saturated rings. The van der Waals surface area contributed by atoms with Gasteiger partial charge in [0, 0.05) is 16.5 Å². The lowest BCUT2D eigenvalue weighted by Gasteiger charge is -2.07. The Morgan fingerprint density at radius 2 is 1.82 bits per heavy atom. The second-order valence-corrected chi connectivity index (χ2v) is 10.8. The van der Waals surface area contributed by atoms with Crippen LogP contribution in [0.15, 0.2) is 64.2 Å². The Balaban J connectivity index is 1.37. The van der Waals surface area contributed by atoms with Crippen molar-refractivity contribution in [3.05, 3.63) is 87.2 Å². The standard InChI is InChI=1S/C22H17Cl2N5OS3/c1-13-4-2-3-5-15(13)12-31-20-25-10-17(24)18(26-20)19(30)27-21-28-29-22(33-21)32-11-14-6-8-16(23)9-7-14/h2-10H,11-12H2,1H3,(H,27,28,30). The lowest BCUT2D eigenvalue weighted by molar-refractivity contribution is 0.102. The number of hydrogen-bond acceptors (Lipinski definition) is 8. The molecule has 6 nitrogen and oxygen atoms in total. The van der Waals surface area contributed by atoms with Crippen molar-refractivity contribution in [1.82, 2.24) is 20.2 Å². The third kappa shape index (κ3) is 6.68. The first-order chi connectivity index (χ1) is 16.0. The second-order valence-electron chi connectivity index (χ2n) is 6.81. The van der Waals surface area contributed by atoms with E-state index in [2.05, 4.69) is 44.5 Å². The summed E-state index contributed by atoms with van der Waals surface area (Å²) in [5.41, 5.74) is 3.60. The summed E-state index contributed by atoms with van der Waals surface area (Å²) in [6.07, 6.45) is 1.44. The van der Waals surface area contributed by atoms with Gasteiger partial charge in [0.2, 0.25) is 5.13 Å². The molecule has 0 saturated carbocycles. The molecule has 4 rings (SSSR count). The zero-order valence-corrected chi connectivity index (χ0v) is 21.2. The van der Waals surface area contributed by atoms with Crippen molar-refractivity contribution >= 4 is 69.1 Å². The number of aryl methyl sites for hydroxylation is 1. The number of thioether (sulfide) groups is 2. The molecule has 4 aromatic rings. The predicted octanol–water partition coefficient (Wildman–Crippen LogP) is 6.78. The van der Waals surface area contributed by atoms with Crippen LogP contribution in [0.25, 0.3) is 0 Å². The van der Waals surface area contributed by atoms with Crippen molar-refractivity contribution in [1.29, 1.82) is 0 Å². The van der Waals surface area contributed by atoms with Gasteiger partial charge in [-0.1, -0.05) is 94.5 Å². The average molecular weight is 535 g/mol. The van der Waals surface area contributed by atoms with Crippen molar-refractivity contribution < 1.29 is 4.79 Å². The molecule has 1 N–H and O–H groups in total. The van der Waals surface area contributed by atoms with Crippen LogP contribution in [-0.4, -0.2) is 26.1 Å². The summed E-state index contributed by atoms with van der Waals surface area (Å²) in [5.74, 6) is 0.962. The van der Waals surface area contributed by atoms with Gasteiger partial charge in [0.15, 0.2) is 15.2 Å². The molecule has 0 radical (unpaired) electrons. The fraction of sp³-hybridized carbons (Fsp3) is 0.136. The van der Waals surface area contributed by atoms with E-state index in [4.69, 9.17) is 23.2 Å². The molecule has 0 aliphatic heterocycles. The fourth-order valence-corrected chi connectivity index (χ4v) is 5.59. The summed E-state index contributed by atoms with van der Waals surface area (Å²) in [5, 5.41) is 12.6. The lowest BCUT2D eigenvalue weighted by atomic mass is 10.1. The number of nitrogens with zero attached hydrogens (tertiary/aromatic N) is 4. The van der Waals surface area contributed by atoms with Crippen LogP contribution in [0.5, 0.6) is 0 Å². The van der Waals surface area contributed by atoms with Crippen LogP contribution in [0.4, 0.5) is 5.13 Å². The highest BCUT2D eigenvalue weighted by Gasteiger charge is 2.17. The normalized spacial score (nSPS) is 10.9. The van der Waals surface area contributed by atoms with Crippen LogP contribution in [-0.2, 0) is 11.5 Å². The first-order valence-electron chi connectivity index (χ1n) is 9.70. The zero-order valence-electron chi connectivity index (χ0n) is 17.3. The zero-order chi connectivity index (χ0) is 23.2. The number of carbonyl (C=O) groups is 1. The number of halogens is 2. The molecular weight excluding hydrogens is 517 g/mol. The number of carbonyl (C=O) groups excluding carboxylic acids is 1. The van der Waals surface area contributed by atoms with E-state index in [0.29, 0.717) is 21.1 Å². The van der Waals surface area contributed by atoms with Gasteiger partial charge >= 0.3 is 0 Å². The van der Waals surface area contributed by atoms with Gasteiger partial charge < -0.3 is 0 Å².